The maximum atomic E-state index is 10.8. The van der Waals surface area contributed by atoms with Crippen molar-refractivity contribution in [1.82, 2.24) is 0 Å². The average Bonchev–Trinajstić information content (AvgIpc) is 2.03. The van der Waals surface area contributed by atoms with Gasteiger partial charge in [-0.3, -0.25) is 0 Å². The predicted octanol–water partition coefficient (Wildman–Crippen LogP) is 1.46. The van der Waals surface area contributed by atoms with Crippen LogP contribution in [0.5, 0.6) is 0 Å². The number of nitrogens with zero attached hydrogens (tertiary/aromatic N) is 1. The van der Waals surface area contributed by atoms with E-state index in [0.29, 0.717) is 5.71 Å². The van der Waals surface area contributed by atoms with E-state index in [4.69, 9.17) is 0 Å². The van der Waals surface area contributed by atoms with E-state index in [2.05, 4.69) is 4.40 Å². The minimum atomic E-state index is -3.28. The van der Waals surface area contributed by atoms with Gasteiger partial charge in [-0.05, 0) is 12.5 Å². The lowest BCUT2D eigenvalue weighted by Gasteiger charge is -1.97. The lowest BCUT2D eigenvalue weighted by molar-refractivity contribution is 0.604. The number of sulfonamides is 1. The van der Waals surface area contributed by atoms with Gasteiger partial charge in [0.05, 0.1) is 12.0 Å². The van der Waals surface area contributed by atoms with Crippen LogP contribution in [0.1, 0.15) is 12.5 Å². The van der Waals surface area contributed by atoms with Crippen LogP contribution in [0, 0.1) is 0 Å². The van der Waals surface area contributed by atoms with Crippen molar-refractivity contribution in [2.75, 3.05) is 6.26 Å². The summed E-state index contributed by atoms with van der Waals surface area (Å²) in [7, 11) is -3.28. The highest BCUT2D eigenvalue weighted by molar-refractivity contribution is 7.89. The van der Waals surface area contributed by atoms with Gasteiger partial charge in [-0.25, -0.2) is 8.42 Å². The summed E-state index contributed by atoms with van der Waals surface area (Å²) in [4.78, 5) is 0. The second kappa shape index (κ2) is 3.70. The Kier molecular flexibility index (Phi) is 2.83. The maximum Gasteiger partial charge on any atom is 0.250 e. The van der Waals surface area contributed by atoms with Crippen LogP contribution in [-0.2, 0) is 10.0 Å². The molecule has 3 nitrogen and oxygen atoms in total. The van der Waals surface area contributed by atoms with Gasteiger partial charge < -0.3 is 0 Å². The molecule has 1 rings (SSSR count). The largest absolute Gasteiger partial charge is 0.250 e. The lowest BCUT2D eigenvalue weighted by atomic mass is 10.1. The molecule has 0 saturated carbocycles. The summed E-state index contributed by atoms with van der Waals surface area (Å²) in [5, 5.41) is 0. The van der Waals surface area contributed by atoms with Crippen LogP contribution in [0.3, 0.4) is 0 Å². The first-order chi connectivity index (χ1) is 5.99. The molecule has 0 saturated heterocycles. The zero-order valence-corrected chi connectivity index (χ0v) is 8.38. The van der Waals surface area contributed by atoms with Gasteiger partial charge in [-0.15, -0.1) is 0 Å². The van der Waals surface area contributed by atoms with Crippen LogP contribution < -0.4 is 0 Å². The van der Waals surface area contributed by atoms with Gasteiger partial charge in [0.15, 0.2) is 0 Å². The van der Waals surface area contributed by atoms with Crippen molar-refractivity contribution < 1.29 is 8.42 Å². The summed E-state index contributed by atoms with van der Waals surface area (Å²) in [6, 6.07) is 9.21. The van der Waals surface area contributed by atoms with Gasteiger partial charge in [0.2, 0.25) is 10.0 Å². The molecule has 0 unspecified atom stereocenters. The zero-order valence-electron chi connectivity index (χ0n) is 7.56. The first-order valence-corrected chi connectivity index (χ1v) is 5.66. The summed E-state index contributed by atoms with van der Waals surface area (Å²) >= 11 is 0. The molecule has 0 N–H and O–H groups in total. The molecule has 0 aromatic heterocycles. The minimum absolute atomic E-state index is 0.517. The summed E-state index contributed by atoms with van der Waals surface area (Å²) in [6.07, 6.45) is 1.08. The summed E-state index contributed by atoms with van der Waals surface area (Å²) in [5.74, 6) is 0. The maximum absolute atomic E-state index is 10.8. The van der Waals surface area contributed by atoms with Crippen LogP contribution in [0.15, 0.2) is 34.7 Å². The lowest BCUT2D eigenvalue weighted by Crippen LogP contribution is -1.99. The van der Waals surface area contributed by atoms with E-state index in [-0.39, 0.29) is 0 Å². The Balaban J connectivity index is 3.06. The summed E-state index contributed by atoms with van der Waals surface area (Å²) in [5.41, 5.74) is 1.34. The Hall–Kier alpha value is -1.16. The Morgan fingerprint density at radius 1 is 1.23 bits per heavy atom. The summed E-state index contributed by atoms with van der Waals surface area (Å²) in [6.45, 7) is 1.68. The number of hydrogen-bond acceptors (Lipinski definition) is 2. The third-order valence-corrected chi connectivity index (χ3v) is 2.10. The van der Waals surface area contributed by atoms with Crippen molar-refractivity contribution in [2.45, 2.75) is 6.92 Å². The molecule has 0 amide bonds. The third kappa shape index (κ3) is 3.38. The zero-order chi connectivity index (χ0) is 9.90. The van der Waals surface area contributed by atoms with E-state index in [1.807, 2.05) is 30.3 Å². The van der Waals surface area contributed by atoms with E-state index in [9.17, 15) is 8.42 Å². The molecule has 70 valence electrons. The fourth-order valence-corrected chi connectivity index (χ4v) is 1.58. The fraction of sp³-hybridized carbons (Fsp3) is 0.222. The van der Waals surface area contributed by atoms with Gasteiger partial charge in [-0.1, -0.05) is 30.3 Å². The van der Waals surface area contributed by atoms with Gasteiger partial charge in [0.25, 0.3) is 0 Å². The van der Waals surface area contributed by atoms with E-state index < -0.39 is 10.0 Å². The highest BCUT2D eigenvalue weighted by Gasteiger charge is 2.00. The molecule has 0 aliphatic carbocycles. The molecule has 0 aliphatic rings. The van der Waals surface area contributed by atoms with Crippen LogP contribution in [0.2, 0.25) is 0 Å². The highest BCUT2D eigenvalue weighted by Crippen LogP contribution is 2.02. The van der Waals surface area contributed by atoms with Crippen LogP contribution in [0.4, 0.5) is 0 Å². The van der Waals surface area contributed by atoms with E-state index in [1.54, 1.807) is 6.92 Å². The van der Waals surface area contributed by atoms with Crippen LogP contribution >= 0.6 is 0 Å². The van der Waals surface area contributed by atoms with Crippen molar-refractivity contribution in [1.29, 1.82) is 0 Å². The van der Waals surface area contributed by atoms with Crippen LogP contribution in [0.25, 0.3) is 0 Å². The Morgan fingerprint density at radius 2 is 1.77 bits per heavy atom. The average molecular weight is 197 g/mol. The van der Waals surface area contributed by atoms with Crippen LogP contribution in [-0.4, -0.2) is 20.4 Å². The molecule has 0 bridgehead atoms. The number of hydrogen-bond donors (Lipinski definition) is 0. The molecule has 0 aliphatic heterocycles. The monoisotopic (exact) mass is 197 g/mol. The van der Waals surface area contributed by atoms with E-state index in [0.717, 1.165) is 11.8 Å². The fourth-order valence-electron chi connectivity index (χ4n) is 0.981. The van der Waals surface area contributed by atoms with Gasteiger partial charge in [0, 0.05) is 0 Å². The van der Waals surface area contributed by atoms with Crippen molar-refractivity contribution in [3.63, 3.8) is 0 Å². The SMILES string of the molecule is CC(=NS(C)(=O)=O)c1ccccc1. The standard InChI is InChI=1S/C9H11NO2S/c1-8(10-13(2,11)12)9-6-4-3-5-7-9/h3-7H,1-2H3. The van der Waals surface area contributed by atoms with Crippen molar-refractivity contribution in [2.24, 2.45) is 4.40 Å². The molecular formula is C9H11NO2S. The molecule has 13 heavy (non-hydrogen) atoms. The first-order valence-electron chi connectivity index (χ1n) is 3.81. The van der Waals surface area contributed by atoms with E-state index >= 15 is 0 Å². The quantitative estimate of drug-likeness (QED) is 0.674. The van der Waals surface area contributed by atoms with E-state index in [1.165, 1.54) is 0 Å². The van der Waals surface area contributed by atoms with Crippen molar-refractivity contribution in [3.8, 4) is 0 Å². The molecule has 0 fully saturated rings. The third-order valence-electron chi connectivity index (χ3n) is 1.49. The summed E-state index contributed by atoms with van der Waals surface area (Å²) < 4.78 is 25.2. The number of benzene rings is 1. The minimum Gasteiger partial charge on any atom is -0.205 e. The van der Waals surface area contributed by atoms with Gasteiger partial charge in [-0.2, -0.15) is 4.40 Å². The predicted molar refractivity (Wildman–Crippen MR) is 53.5 cm³/mol. The molecule has 4 heteroatoms. The second-order valence-corrected chi connectivity index (χ2v) is 4.42. The van der Waals surface area contributed by atoms with Gasteiger partial charge >= 0.3 is 0 Å². The topological polar surface area (TPSA) is 46.5 Å². The molecule has 1 aromatic rings. The molecule has 0 atom stereocenters. The molecule has 0 radical (unpaired) electrons. The molecule has 0 heterocycles. The first kappa shape index (κ1) is 9.92. The second-order valence-electron chi connectivity index (χ2n) is 2.78. The number of rotatable bonds is 2. The normalized spacial score (nSPS) is 12.9. The van der Waals surface area contributed by atoms with Crippen molar-refractivity contribution in [3.05, 3.63) is 35.9 Å². The molecule has 0 spiro atoms. The smallest absolute Gasteiger partial charge is 0.205 e. The Labute approximate surface area is 78.2 Å². The van der Waals surface area contributed by atoms with Crippen molar-refractivity contribution >= 4 is 15.7 Å². The molecule has 1 aromatic carbocycles. The Bertz CT molecular complexity index is 407. The Morgan fingerprint density at radius 3 is 2.23 bits per heavy atom. The highest BCUT2D eigenvalue weighted by atomic mass is 32.2. The molecular weight excluding hydrogens is 186 g/mol. The van der Waals surface area contributed by atoms with Gasteiger partial charge in [0.1, 0.15) is 0 Å².